The Morgan fingerprint density at radius 2 is 1.83 bits per heavy atom. The molecule has 1 saturated heterocycles. The first-order valence-electron chi connectivity index (χ1n) is 6.67. The van der Waals surface area contributed by atoms with E-state index in [0.717, 1.165) is 12.8 Å². The number of likely N-dealkylation sites (tertiary alicyclic amines) is 1. The summed E-state index contributed by atoms with van der Waals surface area (Å²) in [6.45, 7) is 11.1. The molecule has 1 heterocycles. The van der Waals surface area contributed by atoms with Gasteiger partial charge in [0.25, 0.3) is 0 Å². The highest BCUT2D eigenvalue weighted by Gasteiger charge is 2.26. The number of hydrogen-bond donors (Lipinski definition) is 1. The van der Waals surface area contributed by atoms with Gasteiger partial charge in [0.2, 0.25) is 0 Å². The molecule has 5 nitrogen and oxygen atoms in total. The van der Waals surface area contributed by atoms with Crippen molar-refractivity contribution in [2.24, 2.45) is 0 Å². The molecule has 1 amide bonds. The van der Waals surface area contributed by atoms with Crippen LogP contribution in [0.5, 0.6) is 0 Å². The minimum absolute atomic E-state index is 0.175. The van der Waals surface area contributed by atoms with Crippen LogP contribution in [0, 0.1) is 0 Å². The maximum atomic E-state index is 11.8. The van der Waals surface area contributed by atoms with Gasteiger partial charge in [0.05, 0.1) is 6.10 Å². The van der Waals surface area contributed by atoms with Gasteiger partial charge in [-0.25, -0.2) is 4.79 Å². The summed E-state index contributed by atoms with van der Waals surface area (Å²) in [6.07, 6.45) is 1.75. The summed E-state index contributed by atoms with van der Waals surface area (Å²) in [5.74, 6) is 0. The highest BCUT2D eigenvalue weighted by Crippen LogP contribution is 2.15. The van der Waals surface area contributed by atoms with Crippen molar-refractivity contribution in [3.8, 4) is 0 Å². The number of hydroxylamine groups is 1. The third kappa shape index (κ3) is 5.69. The van der Waals surface area contributed by atoms with Crippen LogP contribution in [0.3, 0.4) is 0 Å². The summed E-state index contributed by atoms with van der Waals surface area (Å²) in [5.41, 5.74) is 2.63. The number of piperidine rings is 1. The third-order valence-corrected chi connectivity index (χ3v) is 2.62. The predicted molar refractivity (Wildman–Crippen MR) is 70.2 cm³/mol. The van der Waals surface area contributed by atoms with Crippen LogP contribution in [-0.4, -0.2) is 41.8 Å². The fourth-order valence-electron chi connectivity index (χ4n) is 1.74. The average molecular weight is 258 g/mol. The van der Waals surface area contributed by atoms with Gasteiger partial charge in [-0.1, -0.05) is 0 Å². The first-order valence-corrected chi connectivity index (χ1v) is 6.67. The zero-order valence-electron chi connectivity index (χ0n) is 12.2. The maximum absolute atomic E-state index is 11.8. The number of hydrogen-bond acceptors (Lipinski definition) is 4. The van der Waals surface area contributed by atoms with Crippen molar-refractivity contribution in [3.05, 3.63) is 0 Å². The first-order chi connectivity index (χ1) is 8.28. The molecule has 1 aliphatic heterocycles. The molecule has 1 rings (SSSR count). The van der Waals surface area contributed by atoms with E-state index in [1.54, 1.807) is 4.90 Å². The molecule has 0 aromatic rings. The molecule has 0 bridgehead atoms. The van der Waals surface area contributed by atoms with Crippen molar-refractivity contribution in [3.63, 3.8) is 0 Å². The quantitative estimate of drug-likeness (QED) is 0.789. The molecular weight excluding hydrogens is 232 g/mol. The molecule has 0 saturated carbocycles. The van der Waals surface area contributed by atoms with Crippen LogP contribution in [0.4, 0.5) is 4.79 Å². The van der Waals surface area contributed by atoms with Crippen molar-refractivity contribution in [2.45, 2.75) is 65.2 Å². The van der Waals surface area contributed by atoms with Gasteiger partial charge in [0, 0.05) is 19.1 Å². The monoisotopic (exact) mass is 258 g/mol. The van der Waals surface area contributed by atoms with E-state index in [1.807, 2.05) is 34.6 Å². The van der Waals surface area contributed by atoms with E-state index in [1.165, 1.54) is 0 Å². The Labute approximate surface area is 110 Å². The van der Waals surface area contributed by atoms with Gasteiger partial charge in [0.1, 0.15) is 5.60 Å². The molecule has 0 aliphatic carbocycles. The second-order valence-electron chi connectivity index (χ2n) is 6.03. The SMILES string of the molecule is CC(C)ONC1CCN(C(=O)OC(C)(C)C)CC1. The molecular formula is C13H26N2O3. The number of amides is 1. The van der Waals surface area contributed by atoms with Gasteiger partial charge in [0.15, 0.2) is 0 Å². The molecule has 0 atom stereocenters. The topological polar surface area (TPSA) is 50.8 Å². The summed E-state index contributed by atoms with van der Waals surface area (Å²) in [7, 11) is 0. The van der Waals surface area contributed by atoms with Gasteiger partial charge < -0.3 is 9.64 Å². The van der Waals surface area contributed by atoms with Crippen LogP contribution in [0.25, 0.3) is 0 Å². The van der Waals surface area contributed by atoms with Gasteiger partial charge >= 0.3 is 6.09 Å². The van der Waals surface area contributed by atoms with E-state index < -0.39 is 5.60 Å². The highest BCUT2D eigenvalue weighted by atomic mass is 16.7. The Balaban J connectivity index is 2.28. The van der Waals surface area contributed by atoms with Gasteiger partial charge in [-0.2, -0.15) is 5.48 Å². The van der Waals surface area contributed by atoms with Crippen molar-refractivity contribution in [1.29, 1.82) is 0 Å². The first kappa shape index (κ1) is 15.2. The van der Waals surface area contributed by atoms with Crippen molar-refractivity contribution in [2.75, 3.05) is 13.1 Å². The van der Waals surface area contributed by atoms with Crippen LogP contribution in [0.15, 0.2) is 0 Å². The van der Waals surface area contributed by atoms with E-state index in [4.69, 9.17) is 9.57 Å². The van der Waals surface area contributed by atoms with E-state index in [9.17, 15) is 4.79 Å². The smallest absolute Gasteiger partial charge is 0.410 e. The van der Waals surface area contributed by atoms with Crippen molar-refractivity contribution >= 4 is 6.09 Å². The normalized spacial score (nSPS) is 18.2. The van der Waals surface area contributed by atoms with Gasteiger partial charge in [-0.3, -0.25) is 4.84 Å². The zero-order chi connectivity index (χ0) is 13.8. The highest BCUT2D eigenvalue weighted by molar-refractivity contribution is 5.68. The number of ether oxygens (including phenoxy) is 1. The fraction of sp³-hybridized carbons (Fsp3) is 0.923. The number of nitrogens with one attached hydrogen (secondary N) is 1. The Morgan fingerprint density at radius 3 is 2.28 bits per heavy atom. The Kier molecular flexibility index (Phi) is 5.41. The summed E-state index contributed by atoms with van der Waals surface area (Å²) in [4.78, 5) is 19.0. The molecule has 0 spiro atoms. The summed E-state index contributed by atoms with van der Waals surface area (Å²) in [6, 6.07) is 0.325. The average Bonchev–Trinajstić information content (AvgIpc) is 2.24. The molecule has 106 valence electrons. The van der Waals surface area contributed by atoms with E-state index >= 15 is 0 Å². The minimum Gasteiger partial charge on any atom is -0.444 e. The van der Waals surface area contributed by atoms with Crippen LogP contribution in [0.1, 0.15) is 47.5 Å². The summed E-state index contributed by atoms with van der Waals surface area (Å²) < 4.78 is 5.35. The largest absolute Gasteiger partial charge is 0.444 e. The van der Waals surface area contributed by atoms with Crippen LogP contribution in [-0.2, 0) is 9.57 Å². The van der Waals surface area contributed by atoms with E-state index in [0.29, 0.717) is 19.1 Å². The molecule has 0 aromatic carbocycles. The fourth-order valence-corrected chi connectivity index (χ4v) is 1.74. The lowest BCUT2D eigenvalue weighted by Gasteiger charge is -2.33. The lowest BCUT2D eigenvalue weighted by molar-refractivity contribution is -0.0400. The lowest BCUT2D eigenvalue weighted by Crippen LogP contribution is -2.46. The van der Waals surface area contributed by atoms with Crippen molar-refractivity contribution in [1.82, 2.24) is 10.4 Å². The molecule has 5 heteroatoms. The van der Waals surface area contributed by atoms with Crippen LogP contribution < -0.4 is 5.48 Å². The minimum atomic E-state index is -0.424. The second kappa shape index (κ2) is 6.38. The number of nitrogens with zero attached hydrogens (tertiary/aromatic N) is 1. The maximum Gasteiger partial charge on any atom is 0.410 e. The Morgan fingerprint density at radius 1 is 1.28 bits per heavy atom. The zero-order valence-corrected chi connectivity index (χ0v) is 12.2. The number of carbonyl (C=O) groups excluding carboxylic acids is 1. The molecule has 0 radical (unpaired) electrons. The Hall–Kier alpha value is -0.810. The summed E-state index contributed by atoms with van der Waals surface area (Å²) in [5, 5.41) is 0. The standard InChI is InChI=1S/C13H26N2O3/c1-10(2)18-14-11-6-8-15(9-7-11)12(16)17-13(3,4)5/h10-11,14H,6-9H2,1-5H3. The molecule has 1 fully saturated rings. The van der Waals surface area contributed by atoms with E-state index in [-0.39, 0.29) is 12.2 Å². The third-order valence-electron chi connectivity index (χ3n) is 2.62. The number of rotatable bonds is 3. The lowest BCUT2D eigenvalue weighted by atomic mass is 10.1. The molecule has 1 aliphatic rings. The molecule has 18 heavy (non-hydrogen) atoms. The molecule has 0 aromatic heterocycles. The molecule has 0 unspecified atom stereocenters. The van der Waals surface area contributed by atoms with Crippen LogP contribution in [0.2, 0.25) is 0 Å². The van der Waals surface area contributed by atoms with E-state index in [2.05, 4.69) is 5.48 Å². The predicted octanol–water partition coefficient (Wildman–Crippen LogP) is 2.32. The number of carbonyl (C=O) groups is 1. The van der Waals surface area contributed by atoms with Crippen molar-refractivity contribution < 1.29 is 14.4 Å². The van der Waals surface area contributed by atoms with Gasteiger partial charge in [-0.15, -0.1) is 0 Å². The Bertz CT molecular complexity index is 266. The van der Waals surface area contributed by atoms with Crippen LogP contribution >= 0.6 is 0 Å². The van der Waals surface area contributed by atoms with Gasteiger partial charge in [-0.05, 0) is 47.5 Å². The molecule has 1 N–H and O–H groups in total. The second-order valence-corrected chi connectivity index (χ2v) is 6.03. The summed E-state index contributed by atoms with van der Waals surface area (Å²) >= 11 is 0.